The first-order valence-electron chi connectivity index (χ1n) is 5.70. The SMILES string of the molecule is OC1CCCC[C@@H]1OCc1ccccc1. The number of ether oxygens (including phenoxy) is 1. The van der Waals surface area contributed by atoms with E-state index in [9.17, 15) is 5.11 Å². The summed E-state index contributed by atoms with van der Waals surface area (Å²) in [6.45, 7) is 0.614. The van der Waals surface area contributed by atoms with Crippen LogP contribution in [-0.2, 0) is 11.3 Å². The van der Waals surface area contributed by atoms with E-state index in [-0.39, 0.29) is 12.2 Å². The first kappa shape index (κ1) is 10.7. The summed E-state index contributed by atoms with van der Waals surface area (Å²) in [5.41, 5.74) is 1.18. The zero-order valence-electron chi connectivity index (χ0n) is 8.93. The van der Waals surface area contributed by atoms with Crippen molar-refractivity contribution < 1.29 is 9.84 Å². The Bertz CT molecular complexity index is 284. The fourth-order valence-corrected chi connectivity index (χ4v) is 2.05. The number of rotatable bonds is 3. The summed E-state index contributed by atoms with van der Waals surface area (Å²) in [6, 6.07) is 10.1. The van der Waals surface area contributed by atoms with Gasteiger partial charge < -0.3 is 9.84 Å². The molecule has 0 radical (unpaired) electrons. The molecule has 2 heteroatoms. The summed E-state index contributed by atoms with van der Waals surface area (Å²) >= 11 is 0. The third-order valence-corrected chi connectivity index (χ3v) is 2.97. The molecule has 1 saturated carbocycles. The molecule has 0 saturated heterocycles. The van der Waals surface area contributed by atoms with E-state index < -0.39 is 0 Å². The lowest BCUT2D eigenvalue weighted by Gasteiger charge is -2.27. The van der Waals surface area contributed by atoms with E-state index >= 15 is 0 Å². The number of aliphatic hydroxyl groups is 1. The highest BCUT2D eigenvalue weighted by Crippen LogP contribution is 2.22. The minimum atomic E-state index is -0.262. The van der Waals surface area contributed by atoms with E-state index in [4.69, 9.17) is 4.74 Å². The van der Waals surface area contributed by atoms with Gasteiger partial charge in [-0.25, -0.2) is 0 Å². The van der Waals surface area contributed by atoms with Crippen molar-refractivity contribution in [3.63, 3.8) is 0 Å². The maximum Gasteiger partial charge on any atom is 0.0838 e. The summed E-state index contributed by atoms with van der Waals surface area (Å²) in [5, 5.41) is 9.72. The molecule has 1 aliphatic carbocycles. The van der Waals surface area contributed by atoms with Gasteiger partial charge in [0.2, 0.25) is 0 Å². The molecule has 0 heterocycles. The summed E-state index contributed by atoms with van der Waals surface area (Å²) < 4.78 is 5.73. The lowest BCUT2D eigenvalue weighted by molar-refractivity contribution is -0.0661. The Morgan fingerprint density at radius 2 is 1.87 bits per heavy atom. The van der Waals surface area contributed by atoms with E-state index in [1.54, 1.807) is 0 Å². The third-order valence-electron chi connectivity index (χ3n) is 2.97. The van der Waals surface area contributed by atoms with Crippen LogP contribution < -0.4 is 0 Å². The van der Waals surface area contributed by atoms with Crippen LogP contribution in [0.3, 0.4) is 0 Å². The third kappa shape index (κ3) is 3.05. The van der Waals surface area contributed by atoms with Gasteiger partial charge in [0.15, 0.2) is 0 Å². The molecule has 2 nitrogen and oxygen atoms in total. The fraction of sp³-hybridized carbons (Fsp3) is 0.538. The molecule has 1 unspecified atom stereocenters. The van der Waals surface area contributed by atoms with Crippen LogP contribution in [0.1, 0.15) is 31.2 Å². The van der Waals surface area contributed by atoms with Crippen LogP contribution in [0.2, 0.25) is 0 Å². The molecule has 1 fully saturated rings. The van der Waals surface area contributed by atoms with Gasteiger partial charge in [0.1, 0.15) is 0 Å². The minimum absolute atomic E-state index is 0.0407. The summed E-state index contributed by atoms with van der Waals surface area (Å²) in [5.74, 6) is 0. The normalized spacial score (nSPS) is 26.5. The monoisotopic (exact) mass is 206 g/mol. The second-order valence-corrected chi connectivity index (χ2v) is 4.19. The molecule has 1 N–H and O–H groups in total. The van der Waals surface area contributed by atoms with Crippen molar-refractivity contribution in [1.82, 2.24) is 0 Å². The van der Waals surface area contributed by atoms with Crippen molar-refractivity contribution in [2.24, 2.45) is 0 Å². The fourth-order valence-electron chi connectivity index (χ4n) is 2.05. The first-order valence-corrected chi connectivity index (χ1v) is 5.70. The van der Waals surface area contributed by atoms with E-state index in [1.807, 2.05) is 18.2 Å². The first-order chi connectivity index (χ1) is 7.36. The van der Waals surface area contributed by atoms with Crippen LogP contribution in [0.25, 0.3) is 0 Å². The van der Waals surface area contributed by atoms with Gasteiger partial charge >= 0.3 is 0 Å². The van der Waals surface area contributed by atoms with E-state index in [1.165, 1.54) is 12.0 Å². The predicted octanol–water partition coefficient (Wildman–Crippen LogP) is 2.51. The highest BCUT2D eigenvalue weighted by molar-refractivity contribution is 5.13. The second kappa shape index (κ2) is 5.29. The molecular formula is C13H18O2. The van der Waals surface area contributed by atoms with Crippen molar-refractivity contribution in [1.29, 1.82) is 0 Å². The smallest absolute Gasteiger partial charge is 0.0838 e. The van der Waals surface area contributed by atoms with Gasteiger partial charge in [0, 0.05) is 0 Å². The predicted molar refractivity (Wildman–Crippen MR) is 59.5 cm³/mol. The van der Waals surface area contributed by atoms with E-state index in [0.29, 0.717) is 6.61 Å². The largest absolute Gasteiger partial charge is 0.390 e. The van der Waals surface area contributed by atoms with Crippen molar-refractivity contribution in [3.05, 3.63) is 35.9 Å². The Kier molecular flexibility index (Phi) is 3.75. The summed E-state index contributed by atoms with van der Waals surface area (Å²) in [7, 11) is 0. The molecule has 0 aromatic heterocycles. The average molecular weight is 206 g/mol. The summed E-state index contributed by atoms with van der Waals surface area (Å²) in [4.78, 5) is 0. The maximum absolute atomic E-state index is 9.72. The molecule has 1 aliphatic rings. The Morgan fingerprint density at radius 3 is 2.60 bits per heavy atom. The van der Waals surface area contributed by atoms with Crippen LogP contribution in [0, 0.1) is 0 Å². The van der Waals surface area contributed by atoms with E-state index in [2.05, 4.69) is 12.1 Å². The Morgan fingerprint density at radius 1 is 1.13 bits per heavy atom. The highest BCUT2D eigenvalue weighted by atomic mass is 16.5. The van der Waals surface area contributed by atoms with Crippen LogP contribution in [0.4, 0.5) is 0 Å². The lowest BCUT2D eigenvalue weighted by atomic mass is 9.95. The van der Waals surface area contributed by atoms with Crippen molar-refractivity contribution in [3.8, 4) is 0 Å². The zero-order chi connectivity index (χ0) is 10.5. The molecule has 0 aliphatic heterocycles. The van der Waals surface area contributed by atoms with Crippen molar-refractivity contribution in [2.75, 3.05) is 0 Å². The molecule has 2 atom stereocenters. The van der Waals surface area contributed by atoms with Crippen molar-refractivity contribution >= 4 is 0 Å². The van der Waals surface area contributed by atoms with Gasteiger partial charge in [-0.05, 0) is 18.4 Å². The maximum atomic E-state index is 9.72. The van der Waals surface area contributed by atoms with E-state index in [0.717, 1.165) is 19.3 Å². The Labute approximate surface area is 90.9 Å². The number of hydrogen-bond acceptors (Lipinski definition) is 2. The molecule has 1 aromatic carbocycles. The summed E-state index contributed by atoms with van der Waals surface area (Å²) in [6.07, 6.45) is 3.97. The van der Waals surface area contributed by atoms with Gasteiger partial charge in [-0.2, -0.15) is 0 Å². The quantitative estimate of drug-likeness (QED) is 0.823. The Hall–Kier alpha value is -0.860. The van der Waals surface area contributed by atoms with Crippen LogP contribution >= 0.6 is 0 Å². The molecule has 1 aromatic rings. The topological polar surface area (TPSA) is 29.5 Å². The van der Waals surface area contributed by atoms with Crippen LogP contribution in [0.5, 0.6) is 0 Å². The molecule has 0 bridgehead atoms. The van der Waals surface area contributed by atoms with Crippen LogP contribution in [0.15, 0.2) is 30.3 Å². The number of hydrogen-bond donors (Lipinski definition) is 1. The van der Waals surface area contributed by atoms with Crippen LogP contribution in [-0.4, -0.2) is 17.3 Å². The van der Waals surface area contributed by atoms with Crippen molar-refractivity contribution in [2.45, 2.75) is 44.5 Å². The molecule has 0 spiro atoms. The van der Waals surface area contributed by atoms with Gasteiger partial charge in [-0.1, -0.05) is 43.2 Å². The highest BCUT2D eigenvalue weighted by Gasteiger charge is 2.23. The number of aliphatic hydroxyl groups excluding tert-OH is 1. The number of benzene rings is 1. The Balaban J connectivity index is 1.82. The van der Waals surface area contributed by atoms with Gasteiger partial charge in [-0.3, -0.25) is 0 Å². The molecule has 82 valence electrons. The van der Waals surface area contributed by atoms with Gasteiger partial charge in [-0.15, -0.1) is 0 Å². The average Bonchev–Trinajstić information content (AvgIpc) is 2.29. The van der Waals surface area contributed by atoms with Gasteiger partial charge in [0.25, 0.3) is 0 Å². The molecule has 0 amide bonds. The molecule has 15 heavy (non-hydrogen) atoms. The lowest BCUT2D eigenvalue weighted by Crippen LogP contribution is -2.32. The second-order valence-electron chi connectivity index (χ2n) is 4.19. The minimum Gasteiger partial charge on any atom is -0.390 e. The molecule has 2 rings (SSSR count). The molecular weight excluding hydrogens is 188 g/mol. The van der Waals surface area contributed by atoms with Gasteiger partial charge in [0.05, 0.1) is 18.8 Å². The standard InChI is InChI=1S/C13H18O2/c14-12-8-4-5-9-13(12)15-10-11-6-2-1-3-7-11/h1-3,6-7,12-14H,4-5,8-10H2/t12?,13-/m0/s1. The zero-order valence-corrected chi connectivity index (χ0v) is 8.93.